The highest BCUT2D eigenvalue weighted by Crippen LogP contribution is 2.49. The van der Waals surface area contributed by atoms with Crippen LogP contribution in [0.25, 0.3) is 22.2 Å². The second kappa shape index (κ2) is 9.91. The molecule has 4 heterocycles. The van der Waals surface area contributed by atoms with Crippen LogP contribution >= 0.6 is 0 Å². The van der Waals surface area contributed by atoms with Crippen LogP contribution < -0.4 is 15.4 Å². The summed E-state index contributed by atoms with van der Waals surface area (Å²) in [5.74, 6) is -2.51. The van der Waals surface area contributed by atoms with Gasteiger partial charge in [0.05, 0.1) is 36.1 Å². The minimum absolute atomic E-state index is 0.0155. The highest BCUT2D eigenvalue weighted by molar-refractivity contribution is 6.00. The molecule has 13 heteroatoms. The maximum atomic E-state index is 13.6. The van der Waals surface area contributed by atoms with Gasteiger partial charge in [-0.05, 0) is 55.1 Å². The number of carbonyl (C=O) groups is 3. The number of benzene rings is 2. The van der Waals surface area contributed by atoms with E-state index < -0.39 is 60.7 Å². The van der Waals surface area contributed by atoms with E-state index in [0.29, 0.717) is 17.8 Å². The third-order valence-corrected chi connectivity index (χ3v) is 7.29. The van der Waals surface area contributed by atoms with Crippen molar-refractivity contribution in [2.24, 2.45) is 0 Å². The highest BCUT2D eigenvalue weighted by atomic mass is 19.3. The van der Waals surface area contributed by atoms with Crippen LogP contribution in [0.3, 0.4) is 0 Å². The van der Waals surface area contributed by atoms with Gasteiger partial charge in [-0.2, -0.15) is 8.78 Å². The number of halogens is 2. The molecule has 2 N–H and O–H groups in total. The number of fused-ring (bicyclic) bond motifs is 9. The predicted octanol–water partition coefficient (Wildman–Crippen LogP) is 4.17. The molecule has 1 unspecified atom stereocenters. The molecule has 0 fully saturated rings. The van der Waals surface area contributed by atoms with E-state index in [1.807, 2.05) is 34.1 Å². The second-order valence-electron chi connectivity index (χ2n) is 9.60. The summed E-state index contributed by atoms with van der Waals surface area (Å²) in [5, 5.41) is 4.92. The van der Waals surface area contributed by atoms with Crippen LogP contribution in [0.15, 0.2) is 42.7 Å². The molecule has 0 radical (unpaired) electrons. The van der Waals surface area contributed by atoms with Crippen molar-refractivity contribution in [3.05, 3.63) is 71.1 Å². The van der Waals surface area contributed by atoms with E-state index in [0.717, 1.165) is 18.7 Å². The molecule has 3 amide bonds. The SMILES string of the molecule is [2H]C([2H])([2H])c1c(OC(F)F)cc2c(c1-c1cnc(C(C)C(=O)NC(=O)OC)nc1)[C@H]1C[C@@H](NC2=O)c2nc3ccccc3n21. The number of hydrogen-bond acceptors (Lipinski definition) is 8. The lowest BCUT2D eigenvalue weighted by Gasteiger charge is -2.25. The number of para-hydroxylation sites is 2. The van der Waals surface area contributed by atoms with Crippen molar-refractivity contribution in [2.75, 3.05) is 7.11 Å². The maximum Gasteiger partial charge on any atom is 0.413 e. The van der Waals surface area contributed by atoms with E-state index in [1.54, 1.807) is 0 Å². The molecule has 0 saturated carbocycles. The van der Waals surface area contributed by atoms with Crippen LogP contribution in [0, 0.1) is 6.85 Å². The van der Waals surface area contributed by atoms with Gasteiger partial charge in [0.15, 0.2) is 0 Å². The van der Waals surface area contributed by atoms with E-state index in [2.05, 4.69) is 20.0 Å². The summed E-state index contributed by atoms with van der Waals surface area (Å²) in [7, 11) is 1.10. The number of rotatable bonds is 5. The minimum Gasteiger partial charge on any atom is -0.453 e. The molecule has 0 aliphatic carbocycles. The topological polar surface area (TPSA) is 137 Å². The normalized spacial score (nSPS) is 19.2. The van der Waals surface area contributed by atoms with Crippen LogP contribution in [0.5, 0.6) is 5.75 Å². The Bertz CT molecular complexity index is 1830. The Balaban J connectivity index is 1.59. The average molecular weight is 566 g/mol. The van der Waals surface area contributed by atoms with E-state index in [1.165, 1.54) is 19.3 Å². The molecule has 3 atom stereocenters. The molecule has 2 aromatic carbocycles. The molecular weight excluding hydrogens is 538 g/mol. The Kier molecular flexibility index (Phi) is 5.52. The molecule has 0 spiro atoms. The summed E-state index contributed by atoms with van der Waals surface area (Å²) in [6.45, 7) is -4.93. The fourth-order valence-electron chi connectivity index (χ4n) is 5.44. The first-order valence-corrected chi connectivity index (χ1v) is 12.5. The molecule has 2 aliphatic heterocycles. The Labute approximate surface area is 236 Å². The third-order valence-electron chi connectivity index (χ3n) is 7.29. The fourth-order valence-corrected chi connectivity index (χ4v) is 5.44. The number of carbonyl (C=O) groups excluding carboxylic acids is 3. The van der Waals surface area contributed by atoms with Crippen molar-refractivity contribution in [3.63, 3.8) is 0 Å². The third kappa shape index (κ3) is 4.33. The Morgan fingerprint density at radius 3 is 2.71 bits per heavy atom. The average Bonchev–Trinajstić information content (AvgIpc) is 3.48. The zero-order chi connectivity index (χ0) is 31.5. The van der Waals surface area contributed by atoms with Crippen molar-refractivity contribution in [1.82, 2.24) is 30.2 Å². The van der Waals surface area contributed by atoms with Crippen molar-refractivity contribution in [2.45, 2.75) is 44.8 Å². The summed E-state index contributed by atoms with van der Waals surface area (Å²) in [4.78, 5) is 50.7. The monoisotopic (exact) mass is 565 g/mol. The maximum absolute atomic E-state index is 13.6. The summed E-state index contributed by atoms with van der Waals surface area (Å²) in [5.41, 5.74) is 1.08. The zero-order valence-corrected chi connectivity index (χ0v) is 21.6. The van der Waals surface area contributed by atoms with Crippen LogP contribution in [0.1, 0.15) is 68.6 Å². The van der Waals surface area contributed by atoms with Crippen molar-refractivity contribution < 1.29 is 36.8 Å². The number of imide groups is 1. The van der Waals surface area contributed by atoms with Crippen LogP contribution in [-0.4, -0.2) is 51.1 Å². The molecule has 2 aromatic heterocycles. The number of aromatic nitrogens is 4. The number of imidazole rings is 1. The fraction of sp³-hybridized carbons (Fsp3) is 0.286. The van der Waals surface area contributed by atoms with E-state index in [4.69, 9.17) is 13.8 Å². The van der Waals surface area contributed by atoms with Gasteiger partial charge in [-0.15, -0.1) is 0 Å². The summed E-state index contributed by atoms with van der Waals surface area (Å²) >= 11 is 0. The molecule has 4 aromatic rings. The molecule has 2 bridgehead atoms. The van der Waals surface area contributed by atoms with Gasteiger partial charge in [-0.25, -0.2) is 19.7 Å². The summed E-state index contributed by atoms with van der Waals surface area (Å²) in [6, 6.07) is 7.18. The molecule has 0 saturated heterocycles. The predicted molar refractivity (Wildman–Crippen MR) is 140 cm³/mol. The lowest BCUT2D eigenvalue weighted by Crippen LogP contribution is -2.34. The molecule has 210 valence electrons. The van der Waals surface area contributed by atoms with Gasteiger partial charge in [0.25, 0.3) is 5.91 Å². The Hall–Kier alpha value is -4.94. The molecule has 11 nitrogen and oxygen atoms in total. The number of methoxy groups -OCH3 is 1. The van der Waals surface area contributed by atoms with Gasteiger partial charge in [-0.1, -0.05) is 12.1 Å². The molecular formula is C28H24F2N6O5. The molecule has 41 heavy (non-hydrogen) atoms. The number of hydrogen-bond donors (Lipinski definition) is 2. The lowest BCUT2D eigenvalue weighted by molar-refractivity contribution is -0.121. The summed E-state index contributed by atoms with van der Waals surface area (Å²) < 4.78 is 63.4. The van der Waals surface area contributed by atoms with E-state index >= 15 is 0 Å². The van der Waals surface area contributed by atoms with Gasteiger partial charge in [-0.3, -0.25) is 14.9 Å². The number of ether oxygens (including phenoxy) is 2. The van der Waals surface area contributed by atoms with Gasteiger partial charge in [0.2, 0.25) is 5.91 Å². The number of alkyl halides is 2. The largest absolute Gasteiger partial charge is 0.453 e. The van der Waals surface area contributed by atoms with Crippen LogP contribution in [0.4, 0.5) is 13.6 Å². The molecule has 2 aliphatic rings. The van der Waals surface area contributed by atoms with Crippen LogP contribution in [0.2, 0.25) is 0 Å². The number of nitrogens with zero attached hydrogens (tertiary/aromatic N) is 4. The van der Waals surface area contributed by atoms with Crippen molar-refractivity contribution in [1.29, 1.82) is 0 Å². The standard InChI is InChI=1S/C28H24F2N6O5/c1-12-20(41-27(29)30)8-15-22(21(12)14-10-31-23(32-11-14)13(2)25(37)35-28(39)40-3)19-9-17(34-26(15)38)24-33-16-6-4-5-7-18(16)36(19)24/h4-8,10-11,13,17,19,27H,9H2,1-3H3,(H,34,38)(H,35,37,39)/t13?,17-,19-/m1/s1/i1D3. The zero-order valence-electron chi connectivity index (χ0n) is 24.6. The van der Waals surface area contributed by atoms with Crippen molar-refractivity contribution in [3.8, 4) is 16.9 Å². The van der Waals surface area contributed by atoms with Gasteiger partial charge >= 0.3 is 12.7 Å². The van der Waals surface area contributed by atoms with Gasteiger partial charge in [0, 0.05) is 27.6 Å². The first kappa shape index (κ1) is 22.8. The minimum atomic E-state index is -3.38. The Morgan fingerprint density at radius 1 is 1.24 bits per heavy atom. The first-order valence-electron chi connectivity index (χ1n) is 14.0. The Morgan fingerprint density at radius 2 is 2.00 bits per heavy atom. The number of amides is 3. The van der Waals surface area contributed by atoms with Gasteiger partial charge < -0.3 is 19.4 Å². The summed E-state index contributed by atoms with van der Waals surface area (Å²) in [6.07, 6.45) is 1.82. The van der Waals surface area contributed by atoms with Gasteiger partial charge in [0.1, 0.15) is 17.4 Å². The second-order valence-corrected chi connectivity index (χ2v) is 9.60. The smallest absolute Gasteiger partial charge is 0.413 e. The first-order chi connectivity index (χ1) is 20.9. The van der Waals surface area contributed by atoms with E-state index in [9.17, 15) is 23.2 Å². The highest BCUT2D eigenvalue weighted by Gasteiger charge is 2.42. The van der Waals surface area contributed by atoms with Crippen molar-refractivity contribution >= 4 is 28.9 Å². The molecule has 6 rings (SSSR count). The quantitative estimate of drug-likeness (QED) is 0.368. The van der Waals surface area contributed by atoms with Crippen LogP contribution in [-0.2, 0) is 9.53 Å². The van der Waals surface area contributed by atoms with E-state index in [-0.39, 0.29) is 28.1 Å². The lowest BCUT2D eigenvalue weighted by atomic mass is 9.87. The number of nitrogens with one attached hydrogen (secondary N) is 2. The number of alkyl carbamates (subject to hydrolysis) is 1.